The predicted octanol–water partition coefficient (Wildman–Crippen LogP) is 5.90. The van der Waals surface area contributed by atoms with Crippen molar-refractivity contribution in [2.75, 3.05) is 0 Å². The number of carbonyl (C=O) groups excluding carboxylic acids is 2. The summed E-state index contributed by atoms with van der Waals surface area (Å²) >= 11 is 7.29. The third-order valence-corrected chi connectivity index (χ3v) is 7.44. The minimum Gasteiger partial charge on any atom is -0.545 e. The van der Waals surface area contributed by atoms with E-state index in [1.54, 1.807) is 24.3 Å². The van der Waals surface area contributed by atoms with E-state index in [-0.39, 0.29) is 22.5 Å². The van der Waals surface area contributed by atoms with Crippen molar-refractivity contribution in [1.29, 1.82) is 0 Å². The molecule has 2 fully saturated rings. The lowest BCUT2D eigenvalue weighted by molar-refractivity contribution is -0.255. The van der Waals surface area contributed by atoms with Gasteiger partial charge in [0.25, 0.3) is 5.91 Å². The zero-order valence-electron chi connectivity index (χ0n) is 18.8. The number of hydrogen-bond acceptors (Lipinski definition) is 6. The van der Waals surface area contributed by atoms with Crippen LogP contribution in [0.4, 0.5) is 5.69 Å². The van der Waals surface area contributed by atoms with Crippen LogP contribution in [0, 0.1) is 0 Å². The average molecular weight is 506 g/mol. The van der Waals surface area contributed by atoms with E-state index in [9.17, 15) is 14.7 Å². The van der Waals surface area contributed by atoms with E-state index in [2.05, 4.69) is 0 Å². The van der Waals surface area contributed by atoms with E-state index < -0.39 is 5.97 Å². The number of furan rings is 1. The lowest BCUT2D eigenvalue weighted by Crippen LogP contribution is -2.40. The van der Waals surface area contributed by atoms with E-state index >= 15 is 0 Å². The number of nitrogens with zero attached hydrogens (tertiary/aromatic N) is 2. The molecule has 1 saturated heterocycles. The molecular weight excluding hydrogens is 484 g/mol. The molecule has 1 aliphatic carbocycles. The number of rotatable bonds is 5. The van der Waals surface area contributed by atoms with Gasteiger partial charge in [-0.1, -0.05) is 49.1 Å². The predicted molar refractivity (Wildman–Crippen MR) is 136 cm³/mol. The lowest BCUT2D eigenvalue weighted by atomic mass is 9.94. The Morgan fingerprint density at radius 3 is 2.60 bits per heavy atom. The second kappa shape index (κ2) is 10.1. The molecule has 6 nitrogen and oxygen atoms in total. The molecule has 0 unspecified atom stereocenters. The minimum absolute atomic E-state index is 0.0692. The van der Waals surface area contributed by atoms with Crippen LogP contribution in [-0.4, -0.2) is 28.0 Å². The summed E-state index contributed by atoms with van der Waals surface area (Å²) in [7, 11) is 0. The van der Waals surface area contributed by atoms with Gasteiger partial charge in [-0.3, -0.25) is 9.69 Å². The number of carboxylic acids is 1. The molecule has 8 heteroatoms. The van der Waals surface area contributed by atoms with Crippen molar-refractivity contribution in [3.05, 3.63) is 81.9 Å². The Balaban J connectivity index is 1.45. The summed E-state index contributed by atoms with van der Waals surface area (Å²) in [6.07, 6.45) is 7.06. The summed E-state index contributed by atoms with van der Waals surface area (Å²) in [5, 5.41) is 12.1. The molecule has 1 aliphatic heterocycles. The van der Waals surface area contributed by atoms with E-state index in [0.717, 1.165) is 31.4 Å². The van der Waals surface area contributed by atoms with Crippen LogP contribution in [0.15, 0.2) is 75.0 Å². The molecule has 0 N–H and O–H groups in total. The highest BCUT2D eigenvalue weighted by Crippen LogP contribution is 2.39. The van der Waals surface area contributed by atoms with Crippen LogP contribution in [0.1, 0.15) is 48.2 Å². The largest absolute Gasteiger partial charge is 0.545 e. The number of thioether (sulfide) groups is 1. The summed E-state index contributed by atoms with van der Waals surface area (Å²) in [5.74, 6) is -0.467. The van der Waals surface area contributed by atoms with Gasteiger partial charge in [0.05, 0.1) is 16.6 Å². The van der Waals surface area contributed by atoms with Gasteiger partial charge in [-0.05, 0) is 67.1 Å². The number of aliphatic imine (C=N–C) groups is 1. The Morgan fingerprint density at radius 1 is 1.09 bits per heavy atom. The standard InChI is InChI=1S/C27H23ClN2O4S/c28-22-13-11-17(15-21(22)26(32)33)23-14-12-20(34-23)16-24-25(31)30(19-9-5-2-6-10-19)27(35-24)29-18-7-3-1-4-8-18/h1,3-4,7-8,11-16,19H,2,5-6,9-10H2,(H,32,33)/p-1/b24-16-,29-27?. The molecule has 1 amide bonds. The minimum atomic E-state index is -1.35. The first-order valence-electron chi connectivity index (χ1n) is 11.5. The topological polar surface area (TPSA) is 85.9 Å². The molecule has 2 aliphatic rings. The van der Waals surface area contributed by atoms with Gasteiger partial charge in [0.15, 0.2) is 5.17 Å². The fraction of sp³-hybridized carbons (Fsp3) is 0.222. The van der Waals surface area contributed by atoms with Crippen LogP contribution in [0.25, 0.3) is 17.4 Å². The maximum Gasteiger partial charge on any atom is 0.267 e. The van der Waals surface area contributed by atoms with Crippen molar-refractivity contribution in [3.63, 3.8) is 0 Å². The second-order valence-corrected chi connectivity index (χ2v) is 9.91. The van der Waals surface area contributed by atoms with Gasteiger partial charge in [-0.15, -0.1) is 0 Å². The Labute approximate surface area is 212 Å². The highest BCUT2D eigenvalue weighted by molar-refractivity contribution is 8.18. The molecule has 5 rings (SSSR count). The molecule has 2 heterocycles. The van der Waals surface area contributed by atoms with Crippen LogP contribution in [0.3, 0.4) is 0 Å². The molecule has 35 heavy (non-hydrogen) atoms. The van der Waals surface area contributed by atoms with Crippen molar-refractivity contribution in [2.45, 2.75) is 38.1 Å². The number of para-hydroxylation sites is 1. The van der Waals surface area contributed by atoms with Crippen LogP contribution >= 0.6 is 23.4 Å². The first-order valence-corrected chi connectivity index (χ1v) is 12.7. The summed E-state index contributed by atoms with van der Waals surface area (Å²) in [5.41, 5.74) is 1.25. The van der Waals surface area contributed by atoms with Crippen molar-refractivity contribution in [2.24, 2.45) is 4.99 Å². The number of hydrogen-bond donors (Lipinski definition) is 0. The number of amidine groups is 1. The SMILES string of the molecule is O=C([O-])c1cc(-c2ccc(/C=C3\SC(=Nc4ccccc4)N(C4CCCCC4)C3=O)o2)ccc1Cl. The third-order valence-electron chi connectivity index (χ3n) is 6.13. The van der Waals surface area contributed by atoms with Gasteiger partial charge in [-0.25, -0.2) is 4.99 Å². The lowest BCUT2D eigenvalue weighted by Gasteiger charge is -2.30. The van der Waals surface area contributed by atoms with Crippen LogP contribution in [0.5, 0.6) is 0 Å². The Bertz CT molecular complexity index is 1330. The smallest absolute Gasteiger partial charge is 0.267 e. The molecule has 0 radical (unpaired) electrons. The van der Waals surface area contributed by atoms with Gasteiger partial charge in [0.1, 0.15) is 11.5 Å². The first kappa shape index (κ1) is 23.5. The highest BCUT2D eigenvalue weighted by Gasteiger charge is 2.38. The normalized spacial score (nSPS) is 19.1. The summed E-state index contributed by atoms with van der Waals surface area (Å²) in [4.78, 5) is 31.9. The van der Waals surface area contributed by atoms with Crippen molar-refractivity contribution >= 4 is 52.2 Å². The van der Waals surface area contributed by atoms with Crippen LogP contribution in [0.2, 0.25) is 5.02 Å². The highest BCUT2D eigenvalue weighted by atomic mass is 35.5. The Morgan fingerprint density at radius 2 is 1.86 bits per heavy atom. The second-order valence-electron chi connectivity index (χ2n) is 8.49. The fourth-order valence-electron chi connectivity index (χ4n) is 4.39. The third kappa shape index (κ3) is 5.06. The van der Waals surface area contributed by atoms with E-state index in [1.165, 1.54) is 30.3 Å². The molecule has 1 aromatic heterocycles. The molecule has 1 saturated carbocycles. The van der Waals surface area contributed by atoms with E-state index in [4.69, 9.17) is 21.0 Å². The maximum absolute atomic E-state index is 13.5. The van der Waals surface area contributed by atoms with Gasteiger partial charge >= 0.3 is 0 Å². The number of carboxylic acid groups (broad SMARTS) is 1. The van der Waals surface area contributed by atoms with Gasteiger partial charge in [-0.2, -0.15) is 0 Å². The molecule has 2 aromatic carbocycles. The van der Waals surface area contributed by atoms with Gasteiger partial charge in [0, 0.05) is 28.3 Å². The Hall–Kier alpha value is -3.29. The molecule has 0 spiro atoms. The molecule has 178 valence electrons. The zero-order chi connectivity index (χ0) is 24.4. The quantitative estimate of drug-likeness (QED) is 0.403. The van der Waals surface area contributed by atoms with Crippen LogP contribution < -0.4 is 5.11 Å². The zero-order valence-corrected chi connectivity index (χ0v) is 20.3. The fourth-order valence-corrected chi connectivity index (χ4v) is 5.62. The van der Waals surface area contributed by atoms with Crippen molar-refractivity contribution in [3.8, 4) is 11.3 Å². The van der Waals surface area contributed by atoms with E-state index in [0.29, 0.717) is 27.2 Å². The number of benzene rings is 2. The maximum atomic E-state index is 13.5. The van der Waals surface area contributed by atoms with Gasteiger partial charge < -0.3 is 14.3 Å². The first-order chi connectivity index (χ1) is 17.0. The summed E-state index contributed by atoms with van der Waals surface area (Å²) in [6.45, 7) is 0. The number of carbonyl (C=O) groups is 2. The molecule has 0 atom stereocenters. The molecule has 3 aromatic rings. The summed E-state index contributed by atoms with van der Waals surface area (Å²) < 4.78 is 5.93. The monoisotopic (exact) mass is 505 g/mol. The van der Waals surface area contributed by atoms with Gasteiger partial charge in [0.2, 0.25) is 0 Å². The number of amides is 1. The average Bonchev–Trinajstić information content (AvgIpc) is 3.45. The van der Waals surface area contributed by atoms with Crippen LogP contribution in [-0.2, 0) is 4.79 Å². The molecular formula is C27H22ClN2O4S-. The molecule has 0 bridgehead atoms. The van der Waals surface area contributed by atoms with Crippen molar-refractivity contribution in [1.82, 2.24) is 4.90 Å². The van der Waals surface area contributed by atoms with E-state index in [1.807, 2.05) is 35.2 Å². The van der Waals surface area contributed by atoms with Crippen molar-refractivity contribution < 1.29 is 19.1 Å². The Kier molecular flexibility index (Phi) is 6.79. The summed E-state index contributed by atoms with van der Waals surface area (Å²) in [6, 6.07) is 17.8. The number of halogens is 1. The number of aromatic carboxylic acids is 1.